The largest absolute Gasteiger partial charge is 0.731 e. The molecule has 2 rings (SSSR count). The first-order chi connectivity index (χ1) is 6.02. The van der Waals surface area contributed by atoms with Crippen LogP contribution in [0.15, 0.2) is 0 Å². The summed E-state index contributed by atoms with van der Waals surface area (Å²) in [4.78, 5) is 31.6. The van der Waals surface area contributed by atoms with E-state index in [0.29, 0.717) is 0 Å². The number of hydrogen-bond acceptors (Lipinski definition) is 8. The molecule has 1 unspecified atom stereocenters. The van der Waals surface area contributed by atoms with Gasteiger partial charge in [-0.25, -0.2) is 18.9 Å². The molecule has 0 aliphatic carbocycles. The Hall–Kier alpha value is -1.24. The van der Waals surface area contributed by atoms with Crippen molar-refractivity contribution in [2.24, 2.45) is 0 Å². The van der Waals surface area contributed by atoms with Gasteiger partial charge >= 0.3 is 32.4 Å². The van der Waals surface area contributed by atoms with E-state index in [2.05, 4.69) is 18.1 Å². The van der Waals surface area contributed by atoms with Gasteiger partial charge in [-0.2, -0.15) is 9.05 Å². The summed E-state index contributed by atoms with van der Waals surface area (Å²) in [5.74, 6) is -3.78. The number of aliphatic hydroxyl groups is 1. The zero-order valence-electron chi connectivity index (χ0n) is 5.83. The fourth-order valence-corrected chi connectivity index (χ4v) is 2.16. The van der Waals surface area contributed by atoms with Gasteiger partial charge in [-0.15, -0.1) is 0 Å². The fraction of sp³-hybridized carbons (Fsp3) is 0.250. The van der Waals surface area contributed by atoms with Gasteiger partial charge < -0.3 is 5.11 Å². The van der Waals surface area contributed by atoms with Crippen LogP contribution >= 0.6 is 8.17 Å². The predicted octanol–water partition coefficient (Wildman–Crippen LogP) is -1.34. The molecular weight excluding hydrogens is 207 g/mol. The van der Waals surface area contributed by atoms with E-state index >= 15 is 0 Å². The van der Waals surface area contributed by atoms with Crippen LogP contribution in [-0.2, 0) is 32.5 Å². The highest BCUT2D eigenvalue weighted by Gasteiger charge is 2.74. The lowest BCUT2D eigenvalue weighted by atomic mass is 10.7. The van der Waals surface area contributed by atoms with Crippen LogP contribution in [0.3, 0.4) is 0 Å². The molecule has 0 saturated carbocycles. The van der Waals surface area contributed by atoms with Crippen molar-refractivity contribution in [2.75, 3.05) is 0 Å². The van der Waals surface area contributed by atoms with Crippen molar-refractivity contribution >= 4 is 26.1 Å². The minimum absolute atomic E-state index is 1.16. The molecule has 0 aromatic rings. The van der Waals surface area contributed by atoms with Gasteiger partial charge in [-0.1, -0.05) is 4.52 Å². The van der Waals surface area contributed by atoms with Crippen molar-refractivity contribution in [1.82, 2.24) is 0 Å². The van der Waals surface area contributed by atoms with Crippen molar-refractivity contribution in [1.29, 1.82) is 0 Å². The van der Waals surface area contributed by atoms with Gasteiger partial charge in [0.1, 0.15) is 0 Å². The van der Waals surface area contributed by atoms with Crippen LogP contribution < -0.4 is 0 Å². The summed E-state index contributed by atoms with van der Waals surface area (Å²) in [6, 6.07) is 0. The first-order valence-electron chi connectivity index (χ1n) is 2.99. The molecule has 0 bridgehead atoms. The van der Waals surface area contributed by atoms with E-state index in [1.807, 2.05) is 0 Å². The van der Waals surface area contributed by atoms with Crippen molar-refractivity contribution in [3.63, 3.8) is 0 Å². The third kappa shape index (κ3) is 1.15. The lowest BCUT2D eigenvalue weighted by molar-refractivity contribution is -0.150. The van der Waals surface area contributed by atoms with Crippen LogP contribution in [0, 0.1) is 0 Å². The molecule has 70 valence electrons. The maximum Gasteiger partial charge on any atom is 0.731 e. The van der Waals surface area contributed by atoms with Gasteiger partial charge in [0.2, 0.25) is 0 Å². The van der Waals surface area contributed by atoms with Crippen molar-refractivity contribution in [2.45, 2.75) is 6.29 Å². The van der Waals surface area contributed by atoms with E-state index in [4.69, 9.17) is 5.11 Å². The fourth-order valence-electron chi connectivity index (χ4n) is 0.719. The van der Waals surface area contributed by atoms with Crippen LogP contribution in [0.25, 0.3) is 0 Å². The van der Waals surface area contributed by atoms with Gasteiger partial charge in [0.05, 0.1) is 0 Å². The van der Waals surface area contributed by atoms with Crippen LogP contribution in [0.1, 0.15) is 0 Å². The molecule has 9 heteroatoms. The summed E-state index contributed by atoms with van der Waals surface area (Å²) in [6.07, 6.45) is -1.88. The number of rotatable bonds is 0. The lowest BCUT2D eigenvalue weighted by Crippen LogP contribution is -2.13. The first kappa shape index (κ1) is 8.36. The quantitative estimate of drug-likeness (QED) is 0.385. The molecule has 2 heterocycles. The molecule has 0 aromatic carbocycles. The summed E-state index contributed by atoms with van der Waals surface area (Å²) >= 11 is 0. The van der Waals surface area contributed by atoms with Crippen molar-refractivity contribution in [3.8, 4) is 0 Å². The number of carbonyl (C=O) groups is 3. The van der Waals surface area contributed by atoms with E-state index in [1.54, 1.807) is 0 Å². The number of hydrogen-bond donors (Lipinski definition) is 1. The van der Waals surface area contributed by atoms with Crippen LogP contribution in [0.5, 0.6) is 0 Å². The average molecular weight is 209 g/mol. The van der Waals surface area contributed by atoms with E-state index in [9.17, 15) is 14.4 Å². The Kier molecular flexibility index (Phi) is 1.53. The Labute approximate surface area is 71.0 Å². The van der Waals surface area contributed by atoms with E-state index in [0.717, 1.165) is 0 Å². The monoisotopic (exact) mass is 209 g/mol. The SMILES string of the molecule is O=C1O[P+]2(OC1=O)OC(=O)C(O)O2. The predicted molar refractivity (Wildman–Crippen MR) is 32.3 cm³/mol. The second kappa shape index (κ2) is 2.38. The van der Waals surface area contributed by atoms with Gasteiger partial charge in [0, 0.05) is 0 Å². The maximum atomic E-state index is 10.6. The molecule has 0 radical (unpaired) electrons. The third-order valence-corrected chi connectivity index (χ3v) is 2.83. The summed E-state index contributed by atoms with van der Waals surface area (Å²) in [6.45, 7) is 0. The third-order valence-electron chi connectivity index (χ3n) is 1.19. The van der Waals surface area contributed by atoms with Gasteiger partial charge in [0.15, 0.2) is 0 Å². The highest BCUT2D eigenvalue weighted by Crippen LogP contribution is 2.70. The Balaban J connectivity index is 2.22. The minimum atomic E-state index is -3.72. The molecule has 13 heavy (non-hydrogen) atoms. The summed E-state index contributed by atoms with van der Waals surface area (Å²) in [5, 5.41) is 8.74. The Bertz CT molecular complexity index is 293. The summed E-state index contributed by atoms with van der Waals surface area (Å²) < 4.78 is 17.1. The van der Waals surface area contributed by atoms with Crippen LogP contribution in [0.4, 0.5) is 0 Å². The zero-order chi connectivity index (χ0) is 9.64. The first-order valence-corrected chi connectivity index (χ1v) is 4.45. The molecule has 1 N–H and O–H groups in total. The molecule has 0 aromatic heterocycles. The molecule has 2 saturated heterocycles. The van der Waals surface area contributed by atoms with Crippen LogP contribution in [-0.4, -0.2) is 29.3 Å². The number of carbonyl (C=O) groups excluding carboxylic acids is 3. The number of aliphatic hydroxyl groups excluding tert-OH is 1. The Morgan fingerprint density at radius 1 is 1.08 bits per heavy atom. The van der Waals surface area contributed by atoms with Crippen molar-refractivity contribution < 1.29 is 37.6 Å². The molecule has 1 atom stereocenters. The van der Waals surface area contributed by atoms with Gasteiger partial charge in [-0.3, -0.25) is 0 Å². The normalized spacial score (nSPS) is 30.2. The second-order valence-electron chi connectivity index (χ2n) is 2.07. The van der Waals surface area contributed by atoms with E-state index < -0.39 is 32.4 Å². The summed E-state index contributed by atoms with van der Waals surface area (Å²) in [7, 11) is -3.72. The Morgan fingerprint density at radius 3 is 2.00 bits per heavy atom. The molecule has 2 aliphatic heterocycles. The van der Waals surface area contributed by atoms with E-state index in [1.165, 1.54) is 0 Å². The lowest BCUT2D eigenvalue weighted by Gasteiger charge is -1.98. The van der Waals surface area contributed by atoms with Gasteiger partial charge in [0.25, 0.3) is 0 Å². The smallest absolute Gasteiger partial charge is 0.356 e. The molecule has 2 fully saturated rings. The zero-order valence-corrected chi connectivity index (χ0v) is 6.72. The standard InChI is InChI=1S/C4H2O8P/c5-1-2(6)10-13(9-1)11-3(7)4(8)12-13/h1,5H/q+1. The topological polar surface area (TPSA) is 108 Å². The summed E-state index contributed by atoms with van der Waals surface area (Å²) in [5.41, 5.74) is 0. The molecule has 2 aliphatic rings. The molecule has 0 amide bonds. The minimum Gasteiger partial charge on any atom is -0.356 e. The Morgan fingerprint density at radius 2 is 1.62 bits per heavy atom. The van der Waals surface area contributed by atoms with Gasteiger partial charge in [-0.05, 0) is 0 Å². The molecular formula is C4H2O8P+. The highest BCUT2D eigenvalue weighted by atomic mass is 31.2. The highest BCUT2D eigenvalue weighted by molar-refractivity contribution is 7.59. The van der Waals surface area contributed by atoms with E-state index in [-0.39, 0.29) is 0 Å². The maximum absolute atomic E-state index is 10.6. The second-order valence-corrected chi connectivity index (χ2v) is 3.73. The van der Waals surface area contributed by atoms with Crippen molar-refractivity contribution in [3.05, 3.63) is 0 Å². The average Bonchev–Trinajstić information content (AvgIpc) is 2.39. The molecule has 8 nitrogen and oxygen atoms in total. The molecule has 1 spiro atoms. The van der Waals surface area contributed by atoms with Crippen LogP contribution in [0.2, 0.25) is 0 Å².